The van der Waals surface area contributed by atoms with Crippen LogP contribution in [-0.4, -0.2) is 27.2 Å². The Morgan fingerprint density at radius 3 is 2.47 bits per heavy atom. The third kappa shape index (κ3) is 4.65. The van der Waals surface area contributed by atoms with Gasteiger partial charge in [-0.15, -0.1) is 0 Å². The largest absolute Gasteiger partial charge is 0.497 e. The average molecular weight is 236 g/mol. The lowest BCUT2D eigenvalue weighted by Crippen LogP contribution is -2.24. The third-order valence-electron chi connectivity index (χ3n) is 3.00. The van der Waals surface area contributed by atoms with E-state index >= 15 is 0 Å². The number of ether oxygens (including phenoxy) is 1. The smallest absolute Gasteiger partial charge is 0.119 e. The molecule has 96 valence electrons. The Morgan fingerprint density at radius 1 is 1.29 bits per heavy atom. The van der Waals surface area contributed by atoms with Crippen LogP contribution in [0.4, 0.5) is 5.69 Å². The van der Waals surface area contributed by atoms with Crippen LogP contribution in [0.2, 0.25) is 0 Å². The number of nitrogens with zero attached hydrogens (tertiary/aromatic N) is 1. The Kier molecular flexibility index (Phi) is 5.84. The van der Waals surface area contributed by atoms with Gasteiger partial charge in [-0.3, -0.25) is 0 Å². The number of rotatable bonds is 7. The third-order valence-corrected chi connectivity index (χ3v) is 3.00. The normalized spacial score (nSPS) is 12.2. The molecule has 2 N–H and O–H groups in total. The molecular weight excluding hydrogens is 212 g/mol. The molecule has 1 rings (SSSR count). The van der Waals surface area contributed by atoms with E-state index in [9.17, 15) is 0 Å². The molecule has 0 heterocycles. The molecule has 0 amide bonds. The van der Waals surface area contributed by atoms with E-state index in [4.69, 9.17) is 10.5 Å². The Balaban J connectivity index is 2.47. The second-order valence-corrected chi connectivity index (χ2v) is 4.61. The summed E-state index contributed by atoms with van der Waals surface area (Å²) in [6.07, 6.45) is 2.30. The summed E-state index contributed by atoms with van der Waals surface area (Å²) in [5, 5.41) is 0. The van der Waals surface area contributed by atoms with Gasteiger partial charge in [0.2, 0.25) is 0 Å². The van der Waals surface area contributed by atoms with E-state index in [1.807, 2.05) is 12.1 Å². The summed E-state index contributed by atoms with van der Waals surface area (Å²) in [4.78, 5) is 2.28. The van der Waals surface area contributed by atoms with Crippen LogP contribution in [0.15, 0.2) is 24.3 Å². The average Bonchev–Trinajstić information content (AvgIpc) is 2.36. The molecule has 1 unspecified atom stereocenters. The summed E-state index contributed by atoms with van der Waals surface area (Å²) >= 11 is 0. The van der Waals surface area contributed by atoms with Gasteiger partial charge >= 0.3 is 0 Å². The van der Waals surface area contributed by atoms with Gasteiger partial charge in [0.05, 0.1) is 7.11 Å². The lowest BCUT2D eigenvalue weighted by molar-refractivity contribution is 0.415. The molecule has 0 spiro atoms. The van der Waals surface area contributed by atoms with Crippen molar-refractivity contribution >= 4 is 5.69 Å². The highest BCUT2D eigenvalue weighted by Gasteiger charge is 2.07. The summed E-state index contributed by atoms with van der Waals surface area (Å²) in [5.41, 5.74) is 6.75. The molecule has 0 aliphatic carbocycles. The van der Waals surface area contributed by atoms with Crippen LogP contribution >= 0.6 is 0 Å². The molecule has 0 aliphatic heterocycles. The molecule has 3 heteroatoms. The molecule has 17 heavy (non-hydrogen) atoms. The van der Waals surface area contributed by atoms with Gasteiger partial charge in [0.25, 0.3) is 0 Å². The summed E-state index contributed by atoms with van der Waals surface area (Å²) in [7, 11) is 3.81. The van der Waals surface area contributed by atoms with Gasteiger partial charge in [0.15, 0.2) is 0 Å². The lowest BCUT2D eigenvalue weighted by atomic mass is 10.1. The zero-order valence-corrected chi connectivity index (χ0v) is 11.1. The van der Waals surface area contributed by atoms with Gasteiger partial charge in [-0.25, -0.2) is 0 Å². The van der Waals surface area contributed by atoms with Crippen LogP contribution in [0.5, 0.6) is 5.75 Å². The van der Waals surface area contributed by atoms with Gasteiger partial charge in [0, 0.05) is 19.3 Å². The molecular formula is C14H24N2O. The van der Waals surface area contributed by atoms with E-state index < -0.39 is 0 Å². The summed E-state index contributed by atoms with van der Waals surface area (Å²) in [6.45, 7) is 4.12. The van der Waals surface area contributed by atoms with Crippen molar-refractivity contribution in [2.75, 3.05) is 32.1 Å². The Labute approximate surface area is 105 Å². The molecule has 1 aromatic rings. The molecule has 1 atom stereocenters. The maximum Gasteiger partial charge on any atom is 0.119 e. The van der Waals surface area contributed by atoms with E-state index in [2.05, 4.69) is 31.0 Å². The Morgan fingerprint density at radius 2 is 1.94 bits per heavy atom. The van der Waals surface area contributed by atoms with Crippen molar-refractivity contribution in [1.29, 1.82) is 0 Å². The van der Waals surface area contributed by atoms with Crippen molar-refractivity contribution in [2.24, 2.45) is 11.7 Å². The highest BCUT2D eigenvalue weighted by atomic mass is 16.5. The zero-order chi connectivity index (χ0) is 12.7. The van der Waals surface area contributed by atoms with Crippen LogP contribution in [0.1, 0.15) is 19.8 Å². The van der Waals surface area contributed by atoms with Crippen molar-refractivity contribution in [3.63, 3.8) is 0 Å². The molecule has 0 aromatic heterocycles. The van der Waals surface area contributed by atoms with Gasteiger partial charge < -0.3 is 15.4 Å². The lowest BCUT2D eigenvalue weighted by Gasteiger charge is -2.23. The molecule has 0 fully saturated rings. The zero-order valence-electron chi connectivity index (χ0n) is 11.1. The number of methoxy groups -OCH3 is 1. The quantitative estimate of drug-likeness (QED) is 0.790. The number of nitrogens with two attached hydrogens (primary N) is 1. The highest BCUT2D eigenvalue weighted by molar-refractivity contribution is 5.48. The minimum Gasteiger partial charge on any atom is -0.497 e. The van der Waals surface area contributed by atoms with Crippen molar-refractivity contribution in [1.82, 2.24) is 0 Å². The molecule has 0 bridgehead atoms. The van der Waals surface area contributed by atoms with Crippen molar-refractivity contribution in [3.8, 4) is 5.75 Å². The SMILES string of the molecule is COc1ccc(N(C)CC(C)CCCN)cc1. The standard InChI is InChI=1S/C14H24N2O/c1-12(5-4-10-15)11-16(2)13-6-8-14(17-3)9-7-13/h6-9,12H,4-5,10-11,15H2,1-3H3. The number of benzene rings is 1. The minimum atomic E-state index is 0.672. The fraction of sp³-hybridized carbons (Fsp3) is 0.571. The minimum absolute atomic E-state index is 0.672. The van der Waals surface area contributed by atoms with Gasteiger partial charge in [0.1, 0.15) is 5.75 Å². The van der Waals surface area contributed by atoms with Crippen molar-refractivity contribution in [3.05, 3.63) is 24.3 Å². The first-order chi connectivity index (χ1) is 8.17. The van der Waals surface area contributed by atoms with Crippen LogP contribution in [0, 0.1) is 5.92 Å². The van der Waals surface area contributed by atoms with E-state index in [1.54, 1.807) is 7.11 Å². The second kappa shape index (κ2) is 7.17. The fourth-order valence-corrected chi connectivity index (χ4v) is 1.97. The van der Waals surface area contributed by atoms with E-state index in [0.29, 0.717) is 5.92 Å². The van der Waals surface area contributed by atoms with Crippen molar-refractivity contribution < 1.29 is 4.74 Å². The van der Waals surface area contributed by atoms with Gasteiger partial charge in [-0.2, -0.15) is 0 Å². The molecule has 0 aliphatic rings. The first-order valence-electron chi connectivity index (χ1n) is 6.22. The Hall–Kier alpha value is -1.22. The maximum absolute atomic E-state index is 5.52. The van der Waals surface area contributed by atoms with E-state index in [-0.39, 0.29) is 0 Å². The first-order valence-corrected chi connectivity index (χ1v) is 6.22. The molecule has 0 radical (unpaired) electrons. The van der Waals surface area contributed by atoms with E-state index in [1.165, 1.54) is 12.1 Å². The monoisotopic (exact) mass is 236 g/mol. The van der Waals surface area contributed by atoms with Crippen LogP contribution in [0.3, 0.4) is 0 Å². The van der Waals surface area contributed by atoms with Gasteiger partial charge in [-0.05, 0) is 49.6 Å². The second-order valence-electron chi connectivity index (χ2n) is 4.61. The molecule has 0 saturated heterocycles. The van der Waals surface area contributed by atoms with Gasteiger partial charge in [-0.1, -0.05) is 6.92 Å². The van der Waals surface area contributed by atoms with Crippen LogP contribution < -0.4 is 15.4 Å². The first kappa shape index (κ1) is 13.8. The summed E-state index contributed by atoms with van der Waals surface area (Å²) in [5.74, 6) is 1.57. The Bertz CT molecular complexity index is 311. The molecule has 1 aromatic carbocycles. The molecule has 3 nitrogen and oxygen atoms in total. The highest BCUT2D eigenvalue weighted by Crippen LogP contribution is 2.19. The number of hydrogen-bond donors (Lipinski definition) is 1. The van der Waals surface area contributed by atoms with E-state index in [0.717, 1.165) is 25.3 Å². The topological polar surface area (TPSA) is 38.5 Å². The fourth-order valence-electron chi connectivity index (χ4n) is 1.97. The predicted octanol–water partition coefficient (Wildman–Crippen LogP) is 2.51. The summed E-state index contributed by atoms with van der Waals surface area (Å²) in [6, 6.07) is 8.18. The summed E-state index contributed by atoms with van der Waals surface area (Å²) < 4.78 is 5.15. The number of anilines is 1. The molecule has 0 saturated carbocycles. The van der Waals surface area contributed by atoms with Crippen LogP contribution in [-0.2, 0) is 0 Å². The predicted molar refractivity (Wildman–Crippen MR) is 73.7 cm³/mol. The van der Waals surface area contributed by atoms with Crippen molar-refractivity contribution in [2.45, 2.75) is 19.8 Å². The number of hydrogen-bond acceptors (Lipinski definition) is 3. The van der Waals surface area contributed by atoms with Crippen LogP contribution in [0.25, 0.3) is 0 Å². The maximum atomic E-state index is 5.52.